The first-order valence-corrected chi connectivity index (χ1v) is 8.90. The zero-order valence-corrected chi connectivity index (χ0v) is 16.0. The van der Waals surface area contributed by atoms with E-state index in [-0.39, 0.29) is 0 Å². The fourth-order valence-electron chi connectivity index (χ4n) is 3.67. The third-order valence-corrected chi connectivity index (χ3v) is 4.67. The van der Waals surface area contributed by atoms with E-state index in [0.717, 1.165) is 0 Å². The van der Waals surface area contributed by atoms with Crippen molar-refractivity contribution in [2.75, 3.05) is 7.11 Å². The minimum Gasteiger partial charge on any atom is -0.493 e. The predicted molar refractivity (Wildman–Crippen MR) is 91.2 cm³/mol. The number of ether oxygens (including phenoxy) is 7. The molecule has 148 valence electrons. The zero-order chi connectivity index (χ0) is 19.4. The lowest BCUT2D eigenvalue weighted by Gasteiger charge is -2.35. The van der Waals surface area contributed by atoms with Crippen molar-refractivity contribution in [1.29, 1.82) is 0 Å². The lowest BCUT2D eigenvalue weighted by atomic mass is 9.99. The van der Waals surface area contributed by atoms with Gasteiger partial charge in [0.25, 0.3) is 0 Å². The summed E-state index contributed by atoms with van der Waals surface area (Å²) in [6, 6.07) is 6.89. The van der Waals surface area contributed by atoms with Crippen molar-refractivity contribution < 1.29 is 38.0 Å². The maximum Gasteiger partial charge on any atom is 0.343 e. The summed E-state index contributed by atoms with van der Waals surface area (Å²) in [5.41, 5.74) is 0. The van der Waals surface area contributed by atoms with Gasteiger partial charge in [-0.2, -0.15) is 0 Å². The third kappa shape index (κ3) is 3.43. The fourth-order valence-corrected chi connectivity index (χ4v) is 3.67. The van der Waals surface area contributed by atoms with Crippen LogP contribution in [0, 0.1) is 0 Å². The summed E-state index contributed by atoms with van der Waals surface area (Å²) in [6.07, 6.45) is -3.48. The molecule has 0 radical (unpaired) electrons. The van der Waals surface area contributed by atoms with Crippen LogP contribution < -0.4 is 9.47 Å². The highest BCUT2D eigenvalue weighted by Crippen LogP contribution is 2.44. The molecule has 3 aliphatic heterocycles. The van der Waals surface area contributed by atoms with Gasteiger partial charge in [-0.15, -0.1) is 0 Å². The number of rotatable bonds is 3. The van der Waals surface area contributed by atoms with Crippen molar-refractivity contribution in [3.63, 3.8) is 0 Å². The van der Waals surface area contributed by atoms with E-state index in [1.165, 1.54) is 7.11 Å². The van der Waals surface area contributed by atoms with Crippen LogP contribution in [0.1, 0.15) is 27.7 Å². The van der Waals surface area contributed by atoms with Gasteiger partial charge in [0.2, 0.25) is 0 Å². The van der Waals surface area contributed by atoms with Gasteiger partial charge < -0.3 is 33.2 Å². The molecule has 8 heteroatoms. The largest absolute Gasteiger partial charge is 0.493 e. The topological polar surface area (TPSA) is 81.7 Å². The Morgan fingerprint density at radius 1 is 0.889 bits per heavy atom. The molecule has 0 bridgehead atoms. The molecular weight excluding hydrogens is 356 g/mol. The Labute approximate surface area is 157 Å². The minimum absolute atomic E-state index is 0.300. The number of fused-ring (bicyclic) bond motifs is 3. The van der Waals surface area contributed by atoms with Crippen molar-refractivity contribution in [2.24, 2.45) is 0 Å². The first-order chi connectivity index (χ1) is 12.7. The summed E-state index contributed by atoms with van der Waals surface area (Å²) in [5, 5.41) is 0. The molecule has 3 saturated heterocycles. The van der Waals surface area contributed by atoms with Crippen LogP contribution in [0.15, 0.2) is 24.3 Å². The Hall–Kier alpha value is -1.71. The Kier molecular flexibility index (Phi) is 4.44. The normalized spacial score (nSPS) is 36.0. The molecule has 0 N–H and O–H groups in total. The Morgan fingerprint density at radius 2 is 1.48 bits per heavy atom. The summed E-state index contributed by atoms with van der Waals surface area (Å²) in [4.78, 5) is 12.9. The standard InChI is InChI=1S/C19H24O8/c1-18(2)24-12-13(25-18)15-17(27-19(3,4)26-15)23-14(12)16(20)22-11-9-7-6-8-10(11)21-5/h6-9,12-15,17H,1-5H3/t12-,13+,14+,15+,17+/m0/s1. The number of hydrogen-bond donors (Lipinski definition) is 0. The molecule has 8 nitrogen and oxygen atoms in total. The van der Waals surface area contributed by atoms with Crippen LogP contribution in [0.25, 0.3) is 0 Å². The maximum atomic E-state index is 12.9. The maximum absolute atomic E-state index is 12.9. The van der Waals surface area contributed by atoms with Gasteiger partial charge in [-0.1, -0.05) is 12.1 Å². The average molecular weight is 380 g/mol. The van der Waals surface area contributed by atoms with E-state index in [4.69, 9.17) is 33.2 Å². The van der Waals surface area contributed by atoms with Gasteiger partial charge in [-0.05, 0) is 39.8 Å². The third-order valence-electron chi connectivity index (χ3n) is 4.67. The van der Waals surface area contributed by atoms with E-state index >= 15 is 0 Å². The van der Waals surface area contributed by atoms with E-state index in [2.05, 4.69) is 0 Å². The lowest BCUT2D eigenvalue weighted by Crippen LogP contribution is -2.58. The average Bonchev–Trinajstić information content (AvgIpc) is 3.08. The number of carbonyl (C=O) groups is 1. The van der Waals surface area contributed by atoms with Crippen molar-refractivity contribution in [3.8, 4) is 11.5 Å². The molecule has 0 unspecified atom stereocenters. The first-order valence-electron chi connectivity index (χ1n) is 8.90. The van der Waals surface area contributed by atoms with E-state index < -0.39 is 48.2 Å². The van der Waals surface area contributed by atoms with Gasteiger partial charge in [0.05, 0.1) is 7.11 Å². The molecule has 5 atom stereocenters. The van der Waals surface area contributed by atoms with Crippen LogP contribution in [0.5, 0.6) is 11.5 Å². The zero-order valence-electron chi connectivity index (χ0n) is 16.0. The second-order valence-corrected chi connectivity index (χ2v) is 7.66. The molecule has 0 aromatic heterocycles. The molecule has 27 heavy (non-hydrogen) atoms. The van der Waals surface area contributed by atoms with Gasteiger partial charge in [0.15, 0.2) is 35.5 Å². The van der Waals surface area contributed by atoms with E-state index in [1.54, 1.807) is 52.0 Å². The highest BCUT2D eigenvalue weighted by molar-refractivity contribution is 5.79. The summed E-state index contributed by atoms with van der Waals surface area (Å²) >= 11 is 0. The fraction of sp³-hybridized carbons (Fsp3) is 0.632. The SMILES string of the molecule is COc1ccccc1OC(=O)[C@@H]1O[C@@H]2OC(C)(C)O[C@@H]2[C@@H]2OC(C)(C)O[C@@H]21. The second kappa shape index (κ2) is 6.42. The molecule has 0 aliphatic carbocycles. The molecule has 3 heterocycles. The van der Waals surface area contributed by atoms with Crippen molar-refractivity contribution in [2.45, 2.75) is 70.0 Å². The highest BCUT2D eigenvalue weighted by Gasteiger charge is 2.62. The van der Waals surface area contributed by atoms with Crippen LogP contribution in [-0.4, -0.2) is 55.4 Å². The number of esters is 1. The molecule has 1 aromatic carbocycles. The lowest BCUT2D eigenvalue weighted by molar-refractivity contribution is -0.236. The molecule has 3 fully saturated rings. The van der Waals surface area contributed by atoms with Gasteiger partial charge in [0.1, 0.15) is 18.3 Å². The molecule has 0 amide bonds. The highest BCUT2D eigenvalue weighted by atomic mass is 16.9. The molecular formula is C19H24O8. The first kappa shape index (κ1) is 18.6. The van der Waals surface area contributed by atoms with Crippen LogP contribution in [0.4, 0.5) is 0 Å². The van der Waals surface area contributed by atoms with Crippen molar-refractivity contribution >= 4 is 5.97 Å². The smallest absolute Gasteiger partial charge is 0.343 e. The number of carbonyl (C=O) groups excluding carboxylic acids is 1. The number of methoxy groups -OCH3 is 1. The van der Waals surface area contributed by atoms with Crippen molar-refractivity contribution in [1.82, 2.24) is 0 Å². The monoisotopic (exact) mass is 380 g/mol. The summed E-state index contributed by atoms with van der Waals surface area (Å²) in [5.74, 6) is -1.59. The molecule has 0 spiro atoms. The van der Waals surface area contributed by atoms with E-state index in [1.807, 2.05) is 0 Å². The summed E-state index contributed by atoms with van der Waals surface area (Å²) in [6.45, 7) is 7.13. The summed E-state index contributed by atoms with van der Waals surface area (Å²) in [7, 11) is 1.51. The molecule has 4 rings (SSSR count). The van der Waals surface area contributed by atoms with Gasteiger partial charge in [-0.3, -0.25) is 0 Å². The van der Waals surface area contributed by atoms with E-state index in [0.29, 0.717) is 11.5 Å². The number of hydrogen-bond acceptors (Lipinski definition) is 8. The van der Waals surface area contributed by atoms with Crippen LogP contribution in [0.3, 0.4) is 0 Å². The van der Waals surface area contributed by atoms with Crippen LogP contribution >= 0.6 is 0 Å². The predicted octanol–water partition coefficient (Wildman–Crippen LogP) is 2.00. The second-order valence-electron chi connectivity index (χ2n) is 7.66. The van der Waals surface area contributed by atoms with Gasteiger partial charge >= 0.3 is 5.97 Å². The Bertz CT molecular complexity index is 730. The number of para-hydroxylation sites is 2. The van der Waals surface area contributed by atoms with Gasteiger partial charge in [-0.25, -0.2) is 4.79 Å². The summed E-state index contributed by atoms with van der Waals surface area (Å²) < 4.78 is 40.3. The van der Waals surface area contributed by atoms with E-state index in [9.17, 15) is 4.79 Å². The quantitative estimate of drug-likeness (QED) is 0.582. The Morgan fingerprint density at radius 3 is 2.19 bits per heavy atom. The van der Waals surface area contributed by atoms with Gasteiger partial charge in [0, 0.05) is 0 Å². The van der Waals surface area contributed by atoms with Crippen LogP contribution in [0.2, 0.25) is 0 Å². The molecule has 0 saturated carbocycles. The minimum atomic E-state index is -1.03. The van der Waals surface area contributed by atoms with Crippen molar-refractivity contribution in [3.05, 3.63) is 24.3 Å². The Balaban J connectivity index is 1.59. The molecule has 3 aliphatic rings. The van der Waals surface area contributed by atoms with Crippen LogP contribution in [-0.2, 0) is 28.5 Å². The molecule has 1 aromatic rings. The number of benzene rings is 1.